The zero-order chi connectivity index (χ0) is 31.5. The molecule has 0 spiro atoms. The smallest absolute Gasteiger partial charge is 0.336 e. The number of nitro groups is 1. The number of nitro benzene ring substituents is 1. The van der Waals surface area contributed by atoms with E-state index in [-0.39, 0.29) is 28.7 Å². The average molecular weight is 595 g/mol. The number of amides is 2. The van der Waals surface area contributed by atoms with E-state index < -0.39 is 16.8 Å². The van der Waals surface area contributed by atoms with Crippen LogP contribution in [0.2, 0.25) is 0 Å². The number of nitrogens with one attached hydrogen (secondary N) is 2. The number of nitrogens with zero attached hydrogens (tertiary/aromatic N) is 2. The van der Waals surface area contributed by atoms with E-state index in [1.165, 1.54) is 56.8 Å². The number of hydrogen-bond donors (Lipinski definition) is 2. The van der Waals surface area contributed by atoms with Gasteiger partial charge in [0.05, 0.1) is 25.4 Å². The summed E-state index contributed by atoms with van der Waals surface area (Å²) in [4.78, 5) is 47.9. The van der Waals surface area contributed by atoms with Crippen molar-refractivity contribution in [3.8, 4) is 17.2 Å². The highest BCUT2D eigenvalue weighted by atomic mass is 16.6. The van der Waals surface area contributed by atoms with Crippen molar-refractivity contribution in [3.05, 3.63) is 129 Å². The minimum absolute atomic E-state index is 0.0987. The molecule has 12 nitrogen and oxygen atoms in total. The van der Waals surface area contributed by atoms with Crippen molar-refractivity contribution in [2.24, 2.45) is 5.10 Å². The first-order valence-corrected chi connectivity index (χ1v) is 13.0. The molecule has 0 saturated carbocycles. The monoisotopic (exact) mass is 594 g/mol. The van der Waals surface area contributed by atoms with Gasteiger partial charge in [0.2, 0.25) is 0 Å². The summed E-state index contributed by atoms with van der Waals surface area (Å²) in [6.07, 6.45) is 3.92. The van der Waals surface area contributed by atoms with E-state index in [0.717, 1.165) is 6.08 Å². The van der Waals surface area contributed by atoms with Crippen LogP contribution in [0.4, 0.5) is 11.4 Å². The number of carbonyl (C=O) groups is 3. The van der Waals surface area contributed by atoms with Gasteiger partial charge in [-0.05, 0) is 77.9 Å². The number of benzene rings is 4. The van der Waals surface area contributed by atoms with Gasteiger partial charge in [-0.2, -0.15) is 5.10 Å². The molecule has 0 aliphatic heterocycles. The molecule has 44 heavy (non-hydrogen) atoms. The molecule has 0 aromatic heterocycles. The Morgan fingerprint density at radius 2 is 1.57 bits per heavy atom. The SMILES string of the molecule is COc1ccc(C(=O)Nc2cccc(C(=O)NN=Cc3ccc(OC(=O)/C=C/c4cccc([N+](=O)[O-])c4)c(OC)c3)c2)cc1. The summed E-state index contributed by atoms with van der Waals surface area (Å²) < 4.78 is 15.7. The Bertz CT molecular complexity index is 1750. The van der Waals surface area contributed by atoms with Crippen LogP contribution in [0.15, 0.2) is 102 Å². The number of anilines is 1. The van der Waals surface area contributed by atoms with E-state index in [0.29, 0.717) is 28.1 Å². The topological polar surface area (TPSA) is 158 Å². The molecule has 4 aromatic carbocycles. The zero-order valence-electron chi connectivity index (χ0n) is 23.6. The van der Waals surface area contributed by atoms with Gasteiger partial charge >= 0.3 is 5.97 Å². The molecular weight excluding hydrogens is 568 g/mol. The molecule has 2 amide bonds. The number of hydrogen-bond acceptors (Lipinski definition) is 9. The fourth-order valence-electron chi connectivity index (χ4n) is 3.81. The molecule has 4 rings (SSSR count). The predicted octanol–water partition coefficient (Wildman–Crippen LogP) is 5.25. The number of rotatable bonds is 11. The Morgan fingerprint density at radius 3 is 2.30 bits per heavy atom. The van der Waals surface area contributed by atoms with Crippen molar-refractivity contribution >= 4 is 41.4 Å². The summed E-state index contributed by atoms with van der Waals surface area (Å²) in [5, 5.41) is 17.7. The molecule has 0 aliphatic carbocycles. The van der Waals surface area contributed by atoms with Gasteiger partial charge in [0.15, 0.2) is 11.5 Å². The molecule has 0 atom stereocenters. The van der Waals surface area contributed by atoms with Crippen LogP contribution in [-0.4, -0.2) is 43.1 Å². The highest BCUT2D eigenvalue weighted by molar-refractivity contribution is 6.05. The van der Waals surface area contributed by atoms with Gasteiger partial charge in [-0.25, -0.2) is 10.2 Å². The summed E-state index contributed by atoms with van der Waals surface area (Å²) in [6.45, 7) is 0. The third-order valence-electron chi connectivity index (χ3n) is 6.01. The lowest BCUT2D eigenvalue weighted by atomic mass is 10.1. The third kappa shape index (κ3) is 8.36. The number of carbonyl (C=O) groups excluding carboxylic acids is 3. The van der Waals surface area contributed by atoms with Crippen LogP contribution in [0.25, 0.3) is 6.08 Å². The molecule has 2 N–H and O–H groups in total. The highest BCUT2D eigenvalue weighted by Crippen LogP contribution is 2.28. The highest BCUT2D eigenvalue weighted by Gasteiger charge is 2.11. The number of methoxy groups -OCH3 is 2. The van der Waals surface area contributed by atoms with E-state index in [4.69, 9.17) is 14.2 Å². The van der Waals surface area contributed by atoms with Crippen LogP contribution in [0.1, 0.15) is 31.8 Å². The van der Waals surface area contributed by atoms with Crippen molar-refractivity contribution < 1.29 is 33.5 Å². The second-order valence-electron chi connectivity index (χ2n) is 8.98. The Hall–Kier alpha value is -6.30. The van der Waals surface area contributed by atoms with Crippen molar-refractivity contribution in [2.45, 2.75) is 0 Å². The number of non-ortho nitro benzene ring substituents is 1. The molecule has 0 unspecified atom stereocenters. The number of ether oxygens (including phenoxy) is 3. The molecule has 0 bridgehead atoms. The maximum atomic E-state index is 12.7. The number of hydrazone groups is 1. The van der Waals surface area contributed by atoms with Crippen molar-refractivity contribution in [2.75, 3.05) is 19.5 Å². The zero-order valence-corrected chi connectivity index (χ0v) is 23.6. The predicted molar refractivity (Wildman–Crippen MR) is 163 cm³/mol. The minimum atomic E-state index is -0.717. The van der Waals surface area contributed by atoms with Gasteiger partial charge in [0.25, 0.3) is 17.5 Å². The summed E-state index contributed by atoms with van der Waals surface area (Å²) >= 11 is 0. The van der Waals surface area contributed by atoms with Crippen LogP contribution in [0.3, 0.4) is 0 Å². The quantitative estimate of drug-likeness (QED) is 0.0595. The fraction of sp³-hybridized carbons (Fsp3) is 0.0625. The lowest BCUT2D eigenvalue weighted by molar-refractivity contribution is -0.384. The second-order valence-corrected chi connectivity index (χ2v) is 8.98. The molecule has 0 aliphatic rings. The maximum Gasteiger partial charge on any atom is 0.336 e. The summed E-state index contributed by atoms with van der Waals surface area (Å²) in [7, 11) is 2.94. The van der Waals surface area contributed by atoms with Gasteiger partial charge in [0.1, 0.15) is 5.75 Å². The standard InChI is InChI=1S/C32H26N4O8/c1-42-27-13-11-23(12-14-27)31(38)34-25-7-4-6-24(19-25)32(39)35-33-20-22-9-15-28(29(18-22)43-2)44-30(37)16-10-21-5-3-8-26(17-21)36(40)41/h3-20H,1-2H3,(H,34,38)(H,35,39)/b16-10+,33-20?. The molecule has 0 radical (unpaired) electrons. The lowest BCUT2D eigenvalue weighted by Crippen LogP contribution is -2.18. The lowest BCUT2D eigenvalue weighted by Gasteiger charge is -2.09. The molecule has 12 heteroatoms. The first-order valence-electron chi connectivity index (χ1n) is 13.0. The van der Waals surface area contributed by atoms with E-state index in [9.17, 15) is 24.5 Å². The normalized spacial score (nSPS) is 10.8. The van der Waals surface area contributed by atoms with Crippen LogP contribution < -0.4 is 25.0 Å². The summed E-state index contributed by atoms with van der Waals surface area (Å²) in [5.74, 6) is -0.567. The van der Waals surface area contributed by atoms with Gasteiger partial charge in [-0.3, -0.25) is 19.7 Å². The van der Waals surface area contributed by atoms with Gasteiger partial charge < -0.3 is 19.5 Å². The van der Waals surface area contributed by atoms with Crippen LogP contribution >= 0.6 is 0 Å². The Labute approximate surface area is 251 Å². The molecule has 4 aromatic rings. The first-order chi connectivity index (χ1) is 21.2. The first kappa shape index (κ1) is 30.7. The fourth-order valence-corrected chi connectivity index (χ4v) is 3.81. The van der Waals surface area contributed by atoms with Crippen LogP contribution in [-0.2, 0) is 4.79 Å². The van der Waals surface area contributed by atoms with Crippen molar-refractivity contribution in [1.82, 2.24) is 5.43 Å². The molecular formula is C32H26N4O8. The largest absolute Gasteiger partial charge is 0.497 e. The van der Waals surface area contributed by atoms with Crippen LogP contribution in [0, 0.1) is 10.1 Å². The van der Waals surface area contributed by atoms with Crippen LogP contribution in [0.5, 0.6) is 17.2 Å². The second kappa shape index (κ2) is 14.5. The van der Waals surface area contributed by atoms with E-state index in [1.807, 2.05) is 0 Å². The van der Waals surface area contributed by atoms with Gasteiger partial charge in [-0.15, -0.1) is 0 Å². The molecule has 0 fully saturated rings. The van der Waals surface area contributed by atoms with Gasteiger partial charge in [-0.1, -0.05) is 18.2 Å². The van der Waals surface area contributed by atoms with E-state index in [2.05, 4.69) is 15.8 Å². The van der Waals surface area contributed by atoms with Gasteiger partial charge in [0, 0.05) is 35.0 Å². The minimum Gasteiger partial charge on any atom is -0.497 e. The average Bonchev–Trinajstić information content (AvgIpc) is 3.04. The Morgan fingerprint density at radius 1 is 0.795 bits per heavy atom. The number of esters is 1. The summed E-state index contributed by atoms with van der Waals surface area (Å²) in [6, 6.07) is 23.4. The molecule has 222 valence electrons. The third-order valence-corrected chi connectivity index (χ3v) is 6.01. The molecule has 0 saturated heterocycles. The van der Waals surface area contributed by atoms with Crippen molar-refractivity contribution in [3.63, 3.8) is 0 Å². The Kier molecular flexibility index (Phi) is 10.1. The molecule has 0 heterocycles. The van der Waals surface area contributed by atoms with E-state index in [1.54, 1.807) is 60.7 Å². The van der Waals surface area contributed by atoms with Crippen molar-refractivity contribution in [1.29, 1.82) is 0 Å². The Balaban J connectivity index is 1.34. The summed E-state index contributed by atoms with van der Waals surface area (Å²) in [5.41, 5.74) is 4.45. The maximum absolute atomic E-state index is 12.7. The van der Waals surface area contributed by atoms with E-state index >= 15 is 0 Å².